The lowest BCUT2D eigenvalue weighted by molar-refractivity contribution is -0.118. The van der Waals surface area contributed by atoms with E-state index in [1.807, 2.05) is 61.5 Å². The third-order valence-corrected chi connectivity index (χ3v) is 5.77. The largest absolute Gasteiger partial charge is 0.351 e. The number of hydrogen-bond donors (Lipinski definition) is 2. The normalized spacial score (nSPS) is 10.6. The molecular weight excluding hydrogens is 390 g/mol. The summed E-state index contributed by atoms with van der Waals surface area (Å²) in [6.45, 7) is 2.51. The maximum Gasteiger partial charge on any atom is 0.251 e. The van der Waals surface area contributed by atoms with Crippen LogP contribution >= 0.6 is 23.5 Å². The molecule has 2 N–H and O–H groups in total. The number of amides is 1. The maximum atomic E-state index is 12.1. The zero-order chi connectivity index (χ0) is 19.8. The van der Waals surface area contributed by atoms with Crippen molar-refractivity contribution in [2.45, 2.75) is 29.3 Å². The van der Waals surface area contributed by atoms with E-state index in [2.05, 4.69) is 15.3 Å². The Morgan fingerprint density at radius 2 is 1.82 bits per heavy atom. The first-order chi connectivity index (χ1) is 13.6. The Kier molecular flexibility index (Phi) is 7.33. The van der Waals surface area contributed by atoms with Crippen molar-refractivity contribution >= 4 is 29.4 Å². The highest BCUT2D eigenvalue weighted by Gasteiger charge is 2.07. The van der Waals surface area contributed by atoms with Crippen LogP contribution in [0.25, 0.3) is 0 Å². The van der Waals surface area contributed by atoms with E-state index < -0.39 is 0 Å². The van der Waals surface area contributed by atoms with Gasteiger partial charge in [0.05, 0.1) is 11.4 Å². The van der Waals surface area contributed by atoms with Crippen LogP contribution in [0.15, 0.2) is 75.5 Å². The van der Waals surface area contributed by atoms with Crippen LogP contribution in [0.4, 0.5) is 0 Å². The van der Waals surface area contributed by atoms with Gasteiger partial charge in [-0.25, -0.2) is 4.98 Å². The lowest BCUT2D eigenvalue weighted by Crippen LogP contribution is -2.24. The Morgan fingerprint density at radius 1 is 1.07 bits per heavy atom. The number of H-pyrrole nitrogens is 1. The molecule has 0 aliphatic rings. The summed E-state index contributed by atoms with van der Waals surface area (Å²) in [7, 11) is 0. The van der Waals surface area contributed by atoms with Gasteiger partial charge in [-0.2, -0.15) is 0 Å². The molecule has 0 atom stereocenters. The van der Waals surface area contributed by atoms with E-state index in [0.29, 0.717) is 23.1 Å². The summed E-state index contributed by atoms with van der Waals surface area (Å²) in [6, 6.07) is 19.5. The minimum absolute atomic E-state index is 0.0997. The molecule has 1 aromatic heterocycles. The van der Waals surface area contributed by atoms with E-state index in [-0.39, 0.29) is 17.2 Å². The summed E-state index contributed by atoms with van der Waals surface area (Å²) in [5.41, 5.74) is 2.72. The number of nitrogens with one attached hydrogen (secondary N) is 2. The van der Waals surface area contributed by atoms with Crippen molar-refractivity contribution < 1.29 is 4.79 Å². The Hall–Kier alpha value is -2.51. The van der Waals surface area contributed by atoms with Crippen LogP contribution in [0.1, 0.15) is 16.8 Å². The molecule has 28 heavy (non-hydrogen) atoms. The predicted molar refractivity (Wildman–Crippen MR) is 115 cm³/mol. The third-order valence-electron chi connectivity index (χ3n) is 3.85. The summed E-state index contributed by atoms with van der Waals surface area (Å²) in [5.74, 6) is 0.697. The van der Waals surface area contributed by atoms with Crippen LogP contribution in [0, 0.1) is 6.92 Å². The molecule has 5 nitrogen and oxygen atoms in total. The number of rotatable bonds is 8. The molecule has 2 aromatic carbocycles. The number of hydrogen-bond acceptors (Lipinski definition) is 5. The standard InChI is InChI=1S/C21H21N3O2S2/c1-15-7-9-16(10-8-15)12-22-20(26)14-28-21-23-17(11-19(25)24-21)13-27-18-5-3-2-4-6-18/h2-11H,12-14H2,1H3,(H,22,26)(H,23,24,25). The van der Waals surface area contributed by atoms with Gasteiger partial charge in [0.2, 0.25) is 5.91 Å². The van der Waals surface area contributed by atoms with Crippen LogP contribution < -0.4 is 10.9 Å². The predicted octanol–water partition coefficient (Wildman–Crippen LogP) is 3.78. The fraction of sp³-hybridized carbons (Fsp3) is 0.190. The highest BCUT2D eigenvalue weighted by molar-refractivity contribution is 7.99. The summed E-state index contributed by atoms with van der Waals surface area (Å²) in [4.78, 5) is 32.2. The molecule has 0 spiro atoms. The highest BCUT2D eigenvalue weighted by Crippen LogP contribution is 2.21. The molecule has 0 unspecified atom stereocenters. The van der Waals surface area contributed by atoms with Gasteiger partial charge in [0.25, 0.3) is 5.56 Å². The lowest BCUT2D eigenvalue weighted by Gasteiger charge is -2.06. The minimum atomic E-state index is -0.207. The Labute approximate surface area is 172 Å². The van der Waals surface area contributed by atoms with Gasteiger partial charge in [-0.15, -0.1) is 11.8 Å². The Bertz CT molecular complexity index is 973. The number of carbonyl (C=O) groups is 1. The highest BCUT2D eigenvalue weighted by atomic mass is 32.2. The molecule has 3 rings (SSSR count). The second-order valence-electron chi connectivity index (χ2n) is 6.19. The van der Waals surface area contributed by atoms with Gasteiger partial charge in [-0.05, 0) is 24.6 Å². The van der Waals surface area contributed by atoms with E-state index in [1.165, 1.54) is 23.4 Å². The lowest BCUT2D eigenvalue weighted by atomic mass is 10.1. The van der Waals surface area contributed by atoms with Crippen molar-refractivity contribution in [3.8, 4) is 0 Å². The molecule has 0 radical (unpaired) electrons. The maximum absolute atomic E-state index is 12.1. The second kappa shape index (κ2) is 10.1. The molecule has 144 valence electrons. The molecule has 0 aliphatic heterocycles. The van der Waals surface area contributed by atoms with Gasteiger partial charge in [0, 0.05) is 23.3 Å². The topological polar surface area (TPSA) is 74.8 Å². The molecule has 1 heterocycles. The SMILES string of the molecule is Cc1ccc(CNC(=O)CSc2nc(CSc3ccccc3)cc(=O)[nH]2)cc1. The quantitative estimate of drug-likeness (QED) is 0.436. The van der Waals surface area contributed by atoms with Gasteiger partial charge in [-0.3, -0.25) is 9.59 Å². The first-order valence-corrected chi connectivity index (χ1v) is 10.8. The smallest absolute Gasteiger partial charge is 0.251 e. The second-order valence-corrected chi connectivity index (χ2v) is 8.21. The molecule has 3 aromatic rings. The number of benzene rings is 2. The average molecular weight is 412 g/mol. The molecule has 0 fully saturated rings. The number of aromatic nitrogens is 2. The minimum Gasteiger partial charge on any atom is -0.351 e. The zero-order valence-corrected chi connectivity index (χ0v) is 17.1. The van der Waals surface area contributed by atoms with Crippen LogP contribution in [0.5, 0.6) is 0 Å². The molecule has 0 saturated heterocycles. The summed E-state index contributed by atoms with van der Waals surface area (Å²) in [5, 5.41) is 3.34. The number of aryl methyl sites for hydroxylation is 1. The molecule has 0 saturated carbocycles. The van der Waals surface area contributed by atoms with Gasteiger partial charge in [-0.1, -0.05) is 59.8 Å². The van der Waals surface area contributed by atoms with Crippen LogP contribution in [-0.2, 0) is 17.1 Å². The van der Waals surface area contributed by atoms with E-state index >= 15 is 0 Å². The van der Waals surface area contributed by atoms with Gasteiger partial charge < -0.3 is 10.3 Å². The fourth-order valence-corrected chi connectivity index (χ4v) is 3.93. The average Bonchev–Trinajstić information content (AvgIpc) is 2.71. The summed E-state index contributed by atoms with van der Waals surface area (Å²) >= 11 is 2.85. The summed E-state index contributed by atoms with van der Waals surface area (Å²) < 4.78 is 0. The van der Waals surface area contributed by atoms with Gasteiger partial charge >= 0.3 is 0 Å². The van der Waals surface area contributed by atoms with Crippen LogP contribution in [0.3, 0.4) is 0 Å². The van der Waals surface area contributed by atoms with E-state index in [4.69, 9.17) is 0 Å². The zero-order valence-electron chi connectivity index (χ0n) is 15.5. The number of aromatic amines is 1. The molecule has 0 bridgehead atoms. The van der Waals surface area contributed by atoms with Crippen molar-refractivity contribution in [2.24, 2.45) is 0 Å². The van der Waals surface area contributed by atoms with Crippen molar-refractivity contribution in [1.82, 2.24) is 15.3 Å². The monoisotopic (exact) mass is 411 g/mol. The number of thioether (sulfide) groups is 2. The third kappa shape index (κ3) is 6.58. The molecule has 0 aliphatic carbocycles. The first kappa shape index (κ1) is 20.2. The van der Waals surface area contributed by atoms with E-state index in [1.54, 1.807) is 11.8 Å². The van der Waals surface area contributed by atoms with Crippen LogP contribution in [0.2, 0.25) is 0 Å². The van der Waals surface area contributed by atoms with E-state index in [0.717, 1.165) is 10.5 Å². The fourth-order valence-electron chi connectivity index (χ4n) is 2.39. The molecular formula is C21H21N3O2S2. The first-order valence-electron chi connectivity index (χ1n) is 8.81. The van der Waals surface area contributed by atoms with Gasteiger partial charge in [0.15, 0.2) is 5.16 Å². The van der Waals surface area contributed by atoms with Crippen LogP contribution in [-0.4, -0.2) is 21.6 Å². The molecule has 7 heteroatoms. The number of nitrogens with zero attached hydrogens (tertiary/aromatic N) is 1. The van der Waals surface area contributed by atoms with E-state index in [9.17, 15) is 9.59 Å². The Morgan fingerprint density at radius 3 is 2.57 bits per heavy atom. The Balaban J connectivity index is 1.50. The number of carbonyl (C=O) groups excluding carboxylic acids is 1. The molecule has 1 amide bonds. The van der Waals surface area contributed by atoms with Crippen molar-refractivity contribution in [3.63, 3.8) is 0 Å². The van der Waals surface area contributed by atoms with Crippen molar-refractivity contribution in [1.29, 1.82) is 0 Å². The van der Waals surface area contributed by atoms with Crippen molar-refractivity contribution in [3.05, 3.63) is 87.8 Å². The summed E-state index contributed by atoms with van der Waals surface area (Å²) in [6.07, 6.45) is 0. The van der Waals surface area contributed by atoms with Crippen molar-refractivity contribution in [2.75, 3.05) is 5.75 Å². The van der Waals surface area contributed by atoms with Gasteiger partial charge in [0.1, 0.15) is 0 Å².